The smallest absolute Gasteiger partial charge is 0.237 e. The molecule has 0 aromatic heterocycles. The third-order valence-corrected chi connectivity index (χ3v) is 4.77. The normalized spacial score (nSPS) is 28.0. The Morgan fingerprint density at radius 2 is 1.88 bits per heavy atom. The van der Waals surface area contributed by atoms with E-state index >= 15 is 0 Å². The van der Waals surface area contributed by atoms with Gasteiger partial charge in [0.2, 0.25) is 5.91 Å². The lowest BCUT2D eigenvalue weighted by Gasteiger charge is -2.35. The molecule has 2 aliphatic heterocycles. The lowest BCUT2D eigenvalue weighted by atomic mass is 10.1. The summed E-state index contributed by atoms with van der Waals surface area (Å²) in [6.07, 6.45) is 2.63. The zero-order valence-corrected chi connectivity index (χ0v) is 14.8. The number of ether oxygens (including phenoxy) is 1. The van der Waals surface area contributed by atoms with Crippen molar-refractivity contribution < 1.29 is 9.53 Å². The number of nitrogens with zero attached hydrogens (tertiary/aromatic N) is 1. The Morgan fingerprint density at radius 1 is 1.21 bits per heavy atom. The van der Waals surface area contributed by atoms with Gasteiger partial charge < -0.3 is 15.4 Å². The number of hydrogen-bond donors (Lipinski definition) is 2. The monoisotopic (exact) mass is 331 g/mol. The third-order valence-electron chi connectivity index (χ3n) is 4.77. The fraction of sp³-hybridized carbons (Fsp3) is 0.632. The first-order valence-corrected chi connectivity index (χ1v) is 9.07. The highest BCUT2D eigenvalue weighted by atomic mass is 16.5. The van der Waals surface area contributed by atoms with Crippen LogP contribution in [0.1, 0.15) is 37.8 Å². The summed E-state index contributed by atoms with van der Waals surface area (Å²) in [4.78, 5) is 14.5. The third kappa shape index (κ3) is 4.79. The Balaban J connectivity index is 1.47. The van der Waals surface area contributed by atoms with Gasteiger partial charge in [-0.3, -0.25) is 9.69 Å². The van der Waals surface area contributed by atoms with Crippen LogP contribution in [0.4, 0.5) is 0 Å². The van der Waals surface area contributed by atoms with Crippen molar-refractivity contribution in [3.63, 3.8) is 0 Å². The molecule has 0 spiro atoms. The minimum atomic E-state index is -0.00503. The average Bonchev–Trinajstić information content (AvgIpc) is 3.07. The van der Waals surface area contributed by atoms with E-state index in [-0.39, 0.29) is 11.9 Å². The van der Waals surface area contributed by atoms with Crippen molar-refractivity contribution in [2.45, 2.75) is 58.0 Å². The molecule has 2 aliphatic rings. The lowest BCUT2D eigenvalue weighted by Crippen LogP contribution is -2.44. The molecule has 1 aromatic carbocycles. The highest BCUT2D eigenvalue weighted by Gasteiger charge is 2.22. The predicted molar refractivity (Wildman–Crippen MR) is 94.6 cm³/mol. The molecule has 5 nitrogen and oxygen atoms in total. The zero-order chi connectivity index (χ0) is 16.9. The summed E-state index contributed by atoms with van der Waals surface area (Å²) < 4.78 is 5.78. The second-order valence-electron chi connectivity index (χ2n) is 7.13. The molecule has 0 aliphatic carbocycles. The fourth-order valence-electron chi connectivity index (χ4n) is 3.65. The van der Waals surface area contributed by atoms with Gasteiger partial charge in [-0.1, -0.05) is 24.3 Å². The van der Waals surface area contributed by atoms with E-state index in [2.05, 4.69) is 53.6 Å². The van der Waals surface area contributed by atoms with Crippen LogP contribution in [0.25, 0.3) is 0 Å². The van der Waals surface area contributed by atoms with Crippen molar-refractivity contribution >= 4 is 5.91 Å². The molecule has 2 saturated heterocycles. The molecule has 5 heteroatoms. The van der Waals surface area contributed by atoms with E-state index in [1.165, 1.54) is 5.56 Å². The Morgan fingerprint density at radius 3 is 2.50 bits per heavy atom. The Hall–Kier alpha value is -1.43. The molecule has 132 valence electrons. The molecule has 3 unspecified atom stereocenters. The molecule has 0 saturated carbocycles. The summed E-state index contributed by atoms with van der Waals surface area (Å²) in [7, 11) is 0. The fourth-order valence-corrected chi connectivity index (χ4v) is 3.65. The van der Waals surface area contributed by atoms with Crippen LogP contribution in [0.3, 0.4) is 0 Å². The standard InChI is InChI=1S/C19H29N3O2/c1-14-11-22(12-15(2)24-14)13-17-7-5-16(6-8-17)10-21-19(23)18-4-3-9-20-18/h5-8,14-15,18,20H,3-4,9-13H2,1-2H3,(H,21,23). The number of carbonyl (C=O) groups excluding carboxylic acids is 1. The van der Waals surface area contributed by atoms with Crippen LogP contribution in [-0.4, -0.2) is 48.7 Å². The van der Waals surface area contributed by atoms with Gasteiger partial charge in [0.05, 0.1) is 18.2 Å². The van der Waals surface area contributed by atoms with E-state index < -0.39 is 0 Å². The van der Waals surface area contributed by atoms with Crippen molar-refractivity contribution in [2.75, 3.05) is 19.6 Å². The number of hydrogen-bond acceptors (Lipinski definition) is 4. The van der Waals surface area contributed by atoms with E-state index in [4.69, 9.17) is 4.74 Å². The van der Waals surface area contributed by atoms with Crippen molar-refractivity contribution in [3.05, 3.63) is 35.4 Å². The minimum absolute atomic E-state index is 0.00503. The molecular formula is C19H29N3O2. The van der Waals surface area contributed by atoms with Gasteiger partial charge >= 0.3 is 0 Å². The van der Waals surface area contributed by atoms with Gasteiger partial charge in [0.1, 0.15) is 0 Å². The molecule has 24 heavy (non-hydrogen) atoms. The molecule has 3 atom stereocenters. The molecule has 2 heterocycles. The van der Waals surface area contributed by atoms with E-state index in [0.717, 1.165) is 44.6 Å². The van der Waals surface area contributed by atoms with Gasteiger partial charge in [0, 0.05) is 26.2 Å². The number of morpholine rings is 1. The van der Waals surface area contributed by atoms with Crippen molar-refractivity contribution in [3.8, 4) is 0 Å². The van der Waals surface area contributed by atoms with Crippen LogP contribution >= 0.6 is 0 Å². The number of rotatable bonds is 5. The highest BCUT2D eigenvalue weighted by molar-refractivity contribution is 5.81. The maximum Gasteiger partial charge on any atom is 0.237 e. The van der Waals surface area contributed by atoms with Crippen LogP contribution < -0.4 is 10.6 Å². The SMILES string of the molecule is CC1CN(Cc2ccc(CNC(=O)C3CCCN3)cc2)CC(C)O1. The maximum atomic E-state index is 12.0. The summed E-state index contributed by atoms with van der Waals surface area (Å²) in [6.45, 7) is 8.74. The predicted octanol–water partition coefficient (Wildman–Crippen LogP) is 1.66. The maximum absolute atomic E-state index is 12.0. The van der Waals surface area contributed by atoms with Crippen LogP contribution in [-0.2, 0) is 22.6 Å². The highest BCUT2D eigenvalue weighted by Crippen LogP contribution is 2.15. The summed E-state index contributed by atoms with van der Waals surface area (Å²) in [5.74, 6) is 0.118. The first kappa shape index (κ1) is 17.4. The summed E-state index contributed by atoms with van der Waals surface area (Å²) in [6, 6.07) is 8.56. The molecule has 0 radical (unpaired) electrons. The Labute approximate surface area is 144 Å². The van der Waals surface area contributed by atoms with E-state index in [9.17, 15) is 4.79 Å². The topological polar surface area (TPSA) is 53.6 Å². The Bertz CT molecular complexity index is 530. The largest absolute Gasteiger partial charge is 0.373 e. The molecule has 2 N–H and O–H groups in total. The number of carbonyl (C=O) groups is 1. The van der Waals surface area contributed by atoms with E-state index in [1.807, 2.05) is 0 Å². The van der Waals surface area contributed by atoms with Crippen molar-refractivity contribution in [1.29, 1.82) is 0 Å². The van der Waals surface area contributed by atoms with Gasteiger partial charge in [-0.25, -0.2) is 0 Å². The van der Waals surface area contributed by atoms with E-state index in [1.54, 1.807) is 0 Å². The van der Waals surface area contributed by atoms with Gasteiger partial charge in [-0.05, 0) is 44.4 Å². The van der Waals surface area contributed by atoms with Crippen molar-refractivity contribution in [1.82, 2.24) is 15.5 Å². The number of amides is 1. The molecule has 0 bridgehead atoms. The summed E-state index contributed by atoms with van der Waals surface area (Å²) in [5, 5.41) is 6.25. The van der Waals surface area contributed by atoms with Crippen LogP contribution in [0, 0.1) is 0 Å². The number of nitrogens with one attached hydrogen (secondary N) is 2. The molecular weight excluding hydrogens is 302 g/mol. The van der Waals surface area contributed by atoms with Crippen LogP contribution in [0.2, 0.25) is 0 Å². The quantitative estimate of drug-likeness (QED) is 0.862. The zero-order valence-electron chi connectivity index (χ0n) is 14.8. The molecule has 1 amide bonds. The van der Waals surface area contributed by atoms with Crippen LogP contribution in [0.5, 0.6) is 0 Å². The first-order chi connectivity index (χ1) is 11.6. The molecule has 3 rings (SSSR count). The summed E-state index contributed by atoms with van der Waals surface area (Å²) >= 11 is 0. The molecule has 1 aromatic rings. The second kappa shape index (κ2) is 8.10. The van der Waals surface area contributed by atoms with Crippen molar-refractivity contribution in [2.24, 2.45) is 0 Å². The first-order valence-electron chi connectivity index (χ1n) is 9.07. The van der Waals surface area contributed by atoms with Gasteiger partial charge in [-0.2, -0.15) is 0 Å². The summed E-state index contributed by atoms with van der Waals surface area (Å²) in [5.41, 5.74) is 2.46. The van der Waals surface area contributed by atoms with Gasteiger partial charge in [0.15, 0.2) is 0 Å². The number of benzene rings is 1. The average molecular weight is 331 g/mol. The van der Waals surface area contributed by atoms with Gasteiger partial charge in [-0.15, -0.1) is 0 Å². The second-order valence-corrected chi connectivity index (χ2v) is 7.13. The lowest BCUT2D eigenvalue weighted by molar-refractivity contribution is -0.122. The minimum Gasteiger partial charge on any atom is -0.373 e. The Kier molecular flexibility index (Phi) is 5.87. The van der Waals surface area contributed by atoms with E-state index in [0.29, 0.717) is 18.8 Å². The molecule has 2 fully saturated rings. The van der Waals surface area contributed by atoms with Crippen LogP contribution in [0.15, 0.2) is 24.3 Å². The van der Waals surface area contributed by atoms with Gasteiger partial charge in [0.25, 0.3) is 0 Å².